The topological polar surface area (TPSA) is 93.8 Å². The lowest BCUT2D eigenvalue weighted by Crippen LogP contribution is -2.43. The van der Waals surface area contributed by atoms with Gasteiger partial charge in [0.15, 0.2) is 0 Å². The van der Waals surface area contributed by atoms with Crippen LogP contribution in [0.4, 0.5) is 5.69 Å². The summed E-state index contributed by atoms with van der Waals surface area (Å²) in [4.78, 5) is 14.9. The molecule has 1 saturated heterocycles. The number of carbonyl (C=O) groups excluding carboxylic acids is 1. The molecule has 0 aliphatic carbocycles. The van der Waals surface area contributed by atoms with Crippen LogP contribution in [0.1, 0.15) is 36.8 Å². The highest BCUT2D eigenvalue weighted by molar-refractivity contribution is 8.08. The van der Waals surface area contributed by atoms with Crippen LogP contribution in [-0.2, 0) is 21.2 Å². The van der Waals surface area contributed by atoms with Gasteiger partial charge in [0.2, 0.25) is 14.9 Å². The van der Waals surface area contributed by atoms with Gasteiger partial charge in [-0.15, -0.1) is 0 Å². The summed E-state index contributed by atoms with van der Waals surface area (Å²) in [5.74, 6) is -0.540. The van der Waals surface area contributed by atoms with Crippen LogP contribution in [0.15, 0.2) is 58.5 Å². The minimum absolute atomic E-state index is 0.0783. The third-order valence-corrected chi connectivity index (χ3v) is 7.05. The van der Waals surface area contributed by atoms with Crippen molar-refractivity contribution in [1.82, 2.24) is 4.90 Å². The molecule has 0 aromatic heterocycles. The first-order chi connectivity index (χ1) is 14.5. The van der Waals surface area contributed by atoms with Gasteiger partial charge in [-0.05, 0) is 42.7 Å². The Morgan fingerprint density at radius 3 is 2.50 bits per heavy atom. The smallest absolute Gasteiger partial charge is 0.286 e. The number of amides is 1. The minimum atomic E-state index is -4.02. The normalized spacial score (nSPS) is 18.0. The Morgan fingerprint density at radius 2 is 1.77 bits per heavy atom. The highest BCUT2D eigenvalue weighted by atomic mass is 32.2. The van der Waals surface area contributed by atoms with E-state index < -0.39 is 20.8 Å². The Kier molecular flexibility index (Phi) is 5.55. The molecule has 0 bridgehead atoms. The molecule has 30 heavy (non-hydrogen) atoms. The van der Waals surface area contributed by atoms with Gasteiger partial charge in [0.1, 0.15) is 0 Å². The van der Waals surface area contributed by atoms with Crippen molar-refractivity contribution in [3.63, 3.8) is 0 Å². The van der Waals surface area contributed by atoms with Crippen LogP contribution < -0.4 is 5.01 Å². The zero-order valence-electron chi connectivity index (χ0n) is 16.5. The molecule has 7 nitrogen and oxygen atoms in total. The fourth-order valence-electron chi connectivity index (χ4n) is 3.82. The zero-order chi connectivity index (χ0) is 21.1. The van der Waals surface area contributed by atoms with E-state index in [0.29, 0.717) is 24.3 Å². The summed E-state index contributed by atoms with van der Waals surface area (Å²) < 4.78 is 26.4. The molecule has 2 aliphatic rings. The molecule has 2 aromatic rings. The Morgan fingerprint density at radius 1 is 1.03 bits per heavy atom. The Hall–Kier alpha value is -3.18. The predicted octanol–water partition coefficient (Wildman–Crippen LogP) is 3.07. The maximum atomic E-state index is 13.2. The summed E-state index contributed by atoms with van der Waals surface area (Å²) in [6.07, 6.45) is 3.79. The summed E-state index contributed by atoms with van der Waals surface area (Å²) in [5.41, 5.74) is 1.73. The van der Waals surface area contributed by atoms with E-state index in [1.54, 1.807) is 41.3 Å². The average Bonchev–Trinajstić information content (AvgIpc) is 3.05. The Bertz CT molecular complexity index is 1140. The summed E-state index contributed by atoms with van der Waals surface area (Å²) in [7, 11) is -4.02. The molecular weight excluding hydrogens is 400 g/mol. The fourth-order valence-corrected chi connectivity index (χ4v) is 5.30. The quantitative estimate of drug-likeness (QED) is 0.758. The maximum Gasteiger partial charge on any atom is 0.286 e. The molecule has 2 aromatic carbocycles. The second-order valence-corrected chi connectivity index (χ2v) is 9.29. The van der Waals surface area contributed by atoms with Crippen LogP contribution in [0.5, 0.6) is 0 Å². The van der Waals surface area contributed by atoms with Crippen molar-refractivity contribution in [2.45, 2.75) is 37.1 Å². The van der Waals surface area contributed by atoms with Crippen LogP contribution in [-0.4, -0.2) is 37.4 Å². The average molecular weight is 423 g/mol. The number of fused-ring (bicyclic) bond motifs is 1. The standard InChI is InChI=1S/C22H22N4O3S/c23-15-17-8-7-9-18(14-17)16-26-19-10-3-4-11-20(19)30(28,29)21(24-26)22(27)25-12-5-1-2-6-13-25/h3-4,7-11,14H,1-2,5-6,12-13,16H2. The van der Waals surface area contributed by atoms with Crippen molar-refractivity contribution < 1.29 is 13.2 Å². The number of hydrogen-bond acceptors (Lipinski definition) is 6. The first-order valence-electron chi connectivity index (χ1n) is 9.99. The number of anilines is 1. The van der Waals surface area contributed by atoms with Crippen molar-refractivity contribution >= 4 is 26.5 Å². The van der Waals surface area contributed by atoms with E-state index in [1.165, 1.54) is 11.1 Å². The van der Waals surface area contributed by atoms with Crippen LogP contribution >= 0.6 is 0 Å². The van der Waals surface area contributed by atoms with E-state index >= 15 is 0 Å². The van der Waals surface area contributed by atoms with Crippen LogP contribution in [0.25, 0.3) is 0 Å². The Balaban J connectivity index is 1.75. The number of para-hydroxylation sites is 1. The Labute approximate surface area is 176 Å². The number of benzene rings is 2. The fraction of sp³-hybridized carbons (Fsp3) is 0.318. The summed E-state index contributed by atoms with van der Waals surface area (Å²) in [6.45, 7) is 1.33. The molecule has 0 spiro atoms. The zero-order valence-corrected chi connectivity index (χ0v) is 17.3. The molecule has 2 aliphatic heterocycles. The van der Waals surface area contributed by atoms with E-state index in [4.69, 9.17) is 5.26 Å². The van der Waals surface area contributed by atoms with Crippen LogP contribution in [0.3, 0.4) is 0 Å². The molecular formula is C22H22N4O3S. The molecule has 1 fully saturated rings. The monoisotopic (exact) mass is 422 g/mol. The third kappa shape index (κ3) is 3.81. The van der Waals surface area contributed by atoms with Gasteiger partial charge in [0.25, 0.3) is 5.91 Å². The molecule has 0 unspecified atom stereocenters. The van der Waals surface area contributed by atoms with E-state index in [9.17, 15) is 13.2 Å². The number of rotatable bonds is 3. The summed E-state index contributed by atoms with van der Waals surface area (Å²) >= 11 is 0. The van der Waals surface area contributed by atoms with Gasteiger partial charge in [-0.1, -0.05) is 37.1 Å². The van der Waals surface area contributed by atoms with Gasteiger partial charge >= 0.3 is 0 Å². The molecule has 0 radical (unpaired) electrons. The number of carbonyl (C=O) groups is 1. The lowest BCUT2D eigenvalue weighted by atomic mass is 10.1. The van der Waals surface area contributed by atoms with Crippen molar-refractivity contribution in [3.8, 4) is 6.07 Å². The van der Waals surface area contributed by atoms with Gasteiger partial charge in [0.05, 0.1) is 28.8 Å². The molecule has 1 amide bonds. The van der Waals surface area contributed by atoms with E-state index in [0.717, 1.165) is 31.2 Å². The number of nitrogens with zero attached hydrogens (tertiary/aromatic N) is 4. The van der Waals surface area contributed by atoms with Gasteiger partial charge < -0.3 is 4.90 Å². The SMILES string of the molecule is N#Cc1cccc(CN2N=C(C(=O)N3CCCCCC3)S(=O)(=O)c3ccccc32)c1. The molecule has 154 valence electrons. The largest absolute Gasteiger partial charge is 0.337 e. The van der Waals surface area contributed by atoms with Gasteiger partial charge in [-0.2, -0.15) is 10.4 Å². The molecule has 0 saturated carbocycles. The highest BCUT2D eigenvalue weighted by Crippen LogP contribution is 2.33. The summed E-state index contributed by atoms with van der Waals surface area (Å²) in [6, 6.07) is 15.7. The maximum absolute atomic E-state index is 13.2. The van der Waals surface area contributed by atoms with Crippen molar-refractivity contribution in [2.24, 2.45) is 5.10 Å². The lowest BCUT2D eigenvalue weighted by Gasteiger charge is -2.29. The van der Waals surface area contributed by atoms with Crippen molar-refractivity contribution in [2.75, 3.05) is 18.1 Å². The number of hydrazone groups is 1. The molecule has 2 heterocycles. The second-order valence-electron chi connectivity index (χ2n) is 7.45. The van der Waals surface area contributed by atoms with Crippen LogP contribution in [0, 0.1) is 11.3 Å². The van der Waals surface area contributed by atoms with E-state index in [-0.39, 0.29) is 11.4 Å². The number of sulfone groups is 1. The van der Waals surface area contributed by atoms with Gasteiger partial charge in [-0.25, -0.2) is 8.42 Å². The van der Waals surface area contributed by atoms with Crippen molar-refractivity contribution in [1.29, 1.82) is 5.26 Å². The second kappa shape index (κ2) is 8.28. The number of likely N-dealkylation sites (tertiary alicyclic amines) is 1. The van der Waals surface area contributed by atoms with E-state index in [2.05, 4.69) is 11.2 Å². The minimum Gasteiger partial charge on any atom is -0.337 e. The molecule has 0 N–H and O–H groups in total. The first-order valence-corrected chi connectivity index (χ1v) is 11.5. The van der Waals surface area contributed by atoms with Crippen LogP contribution in [0.2, 0.25) is 0 Å². The first kappa shape index (κ1) is 20.1. The molecule has 8 heteroatoms. The molecule has 0 atom stereocenters. The molecule has 4 rings (SSSR count). The lowest BCUT2D eigenvalue weighted by molar-refractivity contribution is -0.123. The predicted molar refractivity (Wildman–Crippen MR) is 113 cm³/mol. The summed E-state index contributed by atoms with van der Waals surface area (Å²) in [5, 5.41) is 14.6. The number of nitriles is 1. The van der Waals surface area contributed by atoms with Gasteiger partial charge in [-0.3, -0.25) is 9.80 Å². The van der Waals surface area contributed by atoms with Crippen molar-refractivity contribution in [3.05, 3.63) is 59.7 Å². The highest BCUT2D eigenvalue weighted by Gasteiger charge is 2.39. The number of hydrogen-bond donors (Lipinski definition) is 0. The van der Waals surface area contributed by atoms with Gasteiger partial charge in [0, 0.05) is 13.1 Å². The third-order valence-electron chi connectivity index (χ3n) is 5.36. The van der Waals surface area contributed by atoms with E-state index in [1.807, 2.05) is 6.07 Å².